The Balaban J connectivity index is 0.00000116. The van der Waals surface area contributed by atoms with E-state index < -0.39 is 11.9 Å². The molecule has 0 saturated heterocycles. The van der Waals surface area contributed by atoms with Crippen LogP contribution in [-0.2, 0) is 36.1 Å². The number of hydrogen-bond donors (Lipinski definition) is 0. The first-order valence-electron chi connectivity index (χ1n) is 24.6. The maximum Gasteiger partial charge on any atom is 2.00 e. The van der Waals surface area contributed by atoms with Gasteiger partial charge in [0.15, 0.2) is 0 Å². The van der Waals surface area contributed by atoms with Crippen LogP contribution in [0.25, 0.3) is 0 Å². The standard InChI is InChI=1S/2C27H42NO2.Fe/c2*1-2-3-4-5-6-7-8-9-10-11-12-13-14-15-16-19-22-30-27(29)26(24-28)23-25-20-17-18-21-25;/h2*17-18,20-21,23H,2-16,19,22H2,1H3;/q;;+2/b2*26-23+;. The van der Waals surface area contributed by atoms with E-state index in [4.69, 9.17) is 20.0 Å². The first-order valence-corrected chi connectivity index (χ1v) is 24.6. The third-order valence-electron chi connectivity index (χ3n) is 11.1. The number of unbranched alkanes of at least 4 members (excludes halogenated alkanes) is 30. The van der Waals surface area contributed by atoms with Crippen molar-refractivity contribution in [3.63, 3.8) is 0 Å². The molecule has 2 fully saturated rings. The topological polar surface area (TPSA) is 100 Å². The van der Waals surface area contributed by atoms with Crippen molar-refractivity contribution < 1.29 is 36.1 Å². The van der Waals surface area contributed by atoms with Gasteiger partial charge in [-0.1, -0.05) is 219 Å². The summed E-state index contributed by atoms with van der Waals surface area (Å²) >= 11 is 0. The molecule has 6 nitrogen and oxygen atoms in total. The third-order valence-corrected chi connectivity index (χ3v) is 11.1. The smallest absolute Gasteiger partial charge is 0.462 e. The zero-order chi connectivity index (χ0) is 43.4. The SMILES string of the molecule is CCCCCCCCCCCCCCCCCCOC(=O)/C(C#N)=C/[C]1[CH][CH][CH][CH]1.CCCCCCCCCCCCCCCCCCOC(=O)/C(C#N)=C/[C]1[CH][CH][CH][CH]1.[Fe+2]. The molecule has 0 aromatic rings. The zero-order valence-electron chi connectivity index (χ0n) is 38.7. The summed E-state index contributed by atoms with van der Waals surface area (Å²) < 4.78 is 10.5. The molecule has 0 unspecified atom stereocenters. The average Bonchev–Trinajstić information content (AvgIpc) is 3.99. The summed E-state index contributed by atoms with van der Waals surface area (Å²) in [6.45, 7) is 5.35. The van der Waals surface area contributed by atoms with Crippen LogP contribution in [0.3, 0.4) is 0 Å². The normalized spacial score (nSPS) is 14.5. The van der Waals surface area contributed by atoms with Crippen molar-refractivity contribution in [3.05, 3.63) is 86.5 Å². The van der Waals surface area contributed by atoms with Crippen LogP contribution in [0.2, 0.25) is 0 Å². The Morgan fingerprint density at radius 3 is 0.836 bits per heavy atom. The number of carbonyl (C=O) groups excluding carboxylic acids is 2. The predicted molar refractivity (Wildman–Crippen MR) is 249 cm³/mol. The number of hydrogen-bond acceptors (Lipinski definition) is 6. The van der Waals surface area contributed by atoms with Crippen LogP contribution in [0.1, 0.15) is 219 Å². The molecule has 340 valence electrons. The summed E-state index contributed by atoms with van der Waals surface area (Å²) in [5, 5.41) is 18.2. The Bertz CT molecular complexity index is 1070. The van der Waals surface area contributed by atoms with E-state index in [1.807, 2.05) is 63.5 Å². The molecule has 0 amide bonds. The molecule has 2 aliphatic rings. The molecule has 2 saturated carbocycles. The molecule has 2 rings (SSSR count). The van der Waals surface area contributed by atoms with Crippen molar-refractivity contribution >= 4 is 11.9 Å². The number of nitriles is 2. The van der Waals surface area contributed by atoms with Crippen molar-refractivity contribution in [1.82, 2.24) is 0 Å². The van der Waals surface area contributed by atoms with Crippen LogP contribution in [-0.4, -0.2) is 25.2 Å². The van der Waals surface area contributed by atoms with Gasteiger partial charge in [-0.25, -0.2) is 9.59 Å². The molecule has 0 aromatic carbocycles. The van der Waals surface area contributed by atoms with Gasteiger partial charge in [0.2, 0.25) is 0 Å². The molecule has 0 atom stereocenters. The molecule has 61 heavy (non-hydrogen) atoms. The van der Waals surface area contributed by atoms with E-state index in [2.05, 4.69) is 13.8 Å². The molecule has 0 aliphatic heterocycles. The maximum atomic E-state index is 11.9. The molecular formula is C54H84FeN2O4+2. The van der Waals surface area contributed by atoms with Gasteiger partial charge in [-0.2, -0.15) is 10.5 Å². The summed E-state index contributed by atoms with van der Waals surface area (Å²) in [7, 11) is 0. The Kier molecular flexibility index (Phi) is 44.4. The molecule has 10 radical (unpaired) electrons. The average molecular weight is 881 g/mol. The minimum atomic E-state index is -0.514. The molecule has 7 heteroatoms. The molecule has 0 heterocycles. The second kappa shape index (κ2) is 45.9. The summed E-state index contributed by atoms with van der Waals surface area (Å²) in [6.07, 6.45) is 60.4. The Morgan fingerprint density at radius 1 is 0.410 bits per heavy atom. The summed E-state index contributed by atoms with van der Waals surface area (Å²) in [5.41, 5.74) is 0.135. The van der Waals surface area contributed by atoms with Crippen LogP contribution < -0.4 is 0 Å². The van der Waals surface area contributed by atoms with Crippen LogP contribution in [0.5, 0.6) is 0 Å². The van der Waals surface area contributed by atoms with Gasteiger partial charge in [0.1, 0.15) is 23.3 Å². The number of rotatable bonds is 38. The quantitative estimate of drug-likeness (QED) is 0.0201. The molecule has 0 N–H and O–H groups in total. The van der Waals surface area contributed by atoms with E-state index >= 15 is 0 Å². The van der Waals surface area contributed by atoms with Gasteiger partial charge in [-0.3, -0.25) is 0 Å². The fraction of sp³-hybridized carbons (Fsp3) is 0.667. The predicted octanol–water partition coefficient (Wildman–Crippen LogP) is 15.3. The number of esters is 2. The second-order valence-electron chi connectivity index (χ2n) is 16.7. The van der Waals surface area contributed by atoms with E-state index in [1.54, 1.807) is 12.2 Å². The van der Waals surface area contributed by atoms with Crippen molar-refractivity contribution in [2.24, 2.45) is 0 Å². The molecule has 0 spiro atoms. The van der Waals surface area contributed by atoms with Crippen LogP contribution in [0, 0.1) is 85.9 Å². The third kappa shape index (κ3) is 37.0. The fourth-order valence-electron chi connectivity index (χ4n) is 7.36. The Hall–Kier alpha value is -2.08. The van der Waals surface area contributed by atoms with Gasteiger partial charge in [-0.05, 0) is 64.2 Å². The van der Waals surface area contributed by atoms with Gasteiger partial charge < -0.3 is 9.47 Å². The van der Waals surface area contributed by atoms with Gasteiger partial charge in [0, 0.05) is 11.8 Å². The van der Waals surface area contributed by atoms with E-state index in [-0.39, 0.29) is 28.2 Å². The van der Waals surface area contributed by atoms with Crippen LogP contribution in [0.15, 0.2) is 23.3 Å². The van der Waals surface area contributed by atoms with Gasteiger partial charge in [0.05, 0.1) is 13.2 Å². The minimum Gasteiger partial charge on any atom is -0.462 e. The number of allylic oxidation sites excluding steroid dienone is 2. The number of nitrogens with zero attached hydrogens (tertiary/aromatic N) is 2. The van der Waals surface area contributed by atoms with E-state index in [9.17, 15) is 9.59 Å². The fourth-order valence-corrected chi connectivity index (χ4v) is 7.36. The monoisotopic (exact) mass is 881 g/mol. The minimum absolute atomic E-state index is 0. The Labute approximate surface area is 388 Å². The van der Waals surface area contributed by atoms with Crippen LogP contribution >= 0.6 is 0 Å². The Morgan fingerprint density at radius 2 is 0.623 bits per heavy atom. The van der Waals surface area contributed by atoms with E-state index in [0.29, 0.717) is 13.2 Å². The number of ether oxygens (including phenoxy) is 2. The van der Waals surface area contributed by atoms with Crippen molar-refractivity contribution in [1.29, 1.82) is 10.5 Å². The van der Waals surface area contributed by atoms with Crippen molar-refractivity contribution in [2.75, 3.05) is 13.2 Å². The number of carbonyl (C=O) groups is 2. The van der Waals surface area contributed by atoms with Crippen molar-refractivity contribution in [2.45, 2.75) is 219 Å². The van der Waals surface area contributed by atoms with E-state index in [0.717, 1.165) is 37.5 Å². The van der Waals surface area contributed by atoms with E-state index in [1.165, 1.54) is 180 Å². The molecule has 2 aliphatic carbocycles. The summed E-state index contributed by atoms with van der Waals surface area (Å²) in [6, 6.07) is 3.87. The maximum absolute atomic E-state index is 11.9. The summed E-state index contributed by atoms with van der Waals surface area (Å²) in [4.78, 5) is 23.9. The molecular weight excluding hydrogens is 796 g/mol. The van der Waals surface area contributed by atoms with Crippen LogP contribution in [0.4, 0.5) is 0 Å². The molecule has 0 aromatic heterocycles. The molecule has 0 bridgehead atoms. The van der Waals surface area contributed by atoms with Gasteiger partial charge in [-0.15, -0.1) is 0 Å². The second-order valence-corrected chi connectivity index (χ2v) is 16.7. The van der Waals surface area contributed by atoms with Crippen molar-refractivity contribution in [3.8, 4) is 12.1 Å². The first-order chi connectivity index (χ1) is 29.5. The summed E-state index contributed by atoms with van der Waals surface area (Å²) in [5.74, 6) is 0.677. The van der Waals surface area contributed by atoms with Gasteiger partial charge in [0.25, 0.3) is 0 Å². The first kappa shape index (κ1) is 58.9. The van der Waals surface area contributed by atoms with Gasteiger partial charge >= 0.3 is 29.0 Å². The zero-order valence-corrected chi connectivity index (χ0v) is 39.8. The largest absolute Gasteiger partial charge is 2.00 e.